The highest BCUT2D eigenvalue weighted by Gasteiger charge is 2.36. The first-order chi connectivity index (χ1) is 9.17. The molecule has 0 aromatic heterocycles. The predicted octanol–water partition coefficient (Wildman–Crippen LogP) is 3.89. The molecule has 0 spiro atoms. The lowest BCUT2D eigenvalue weighted by atomic mass is 9.70. The van der Waals surface area contributed by atoms with Crippen molar-refractivity contribution in [2.24, 2.45) is 17.3 Å². The number of rotatable bonds is 4. The van der Waals surface area contributed by atoms with E-state index in [1.807, 2.05) is 0 Å². The molecule has 1 heterocycles. The van der Waals surface area contributed by atoms with Crippen LogP contribution in [0, 0.1) is 17.3 Å². The van der Waals surface area contributed by atoms with E-state index in [4.69, 9.17) is 0 Å². The fraction of sp³-hybridized carbons (Fsp3) is 0.941. The van der Waals surface area contributed by atoms with E-state index < -0.39 is 0 Å². The second-order valence-electron chi connectivity index (χ2n) is 7.16. The first-order valence-corrected chi connectivity index (χ1v) is 8.36. The van der Waals surface area contributed by atoms with Gasteiger partial charge in [0.1, 0.15) is 6.29 Å². The third kappa shape index (κ3) is 4.05. The van der Waals surface area contributed by atoms with Crippen LogP contribution in [-0.4, -0.2) is 30.8 Å². The molecular formula is C17H31NO. The van der Waals surface area contributed by atoms with Gasteiger partial charge in [-0.05, 0) is 57.0 Å². The Kier molecular flexibility index (Phi) is 5.44. The molecule has 19 heavy (non-hydrogen) atoms. The summed E-state index contributed by atoms with van der Waals surface area (Å²) in [6.07, 6.45) is 11.5. The molecule has 0 bridgehead atoms. The van der Waals surface area contributed by atoms with Crippen molar-refractivity contribution >= 4 is 6.29 Å². The minimum Gasteiger partial charge on any atom is -0.303 e. The van der Waals surface area contributed by atoms with Crippen molar-refractivity contribution in [2.75, 3.05) is 19.6 Å². The van der Waals surface area contributed by atoms with Crippen molar-refractivity contribution in [3.8, 4) is 0 Å². The number of hydrogen-bond donors (Lipinski definition) is 0. The molecule has 2 fully saturated rings. The molecule has 0 aromatic carbocycles. The Morgan fingerprint density at radius 1 is 1.21 bits per heavy atom. The summed E-state index contributed by atoms with van der Waals surface area (Å²) in [7, 11) is 0. The summed E-state index contributed by atoms with van der Waals surface area (Å²) in [5, 5.41) is 0. The third-order valence-corrected chi connectivity index (χ3v) is 5.43. The van der Waals surface area contributed by atoms with Crippen LogP contribution in [0.1, 0.15) is 65.2 Å². The largest absolute Gasteiger partial charge is 0.303 e. The van der Waals surface area contributed by atoms with Gasteiger partial charge < -0.3 is 9.69 Å². The SMILES string of the molecule is CCC1CCCN(CC2(C=O)CCCC(C)C2)CC1. The zero-order valence-corrected chi connectivity index (χ0v) is 12.9. The van der Waals surface area contributed by atoms with E-state index in [1.54, 1.807) is 0 Å². The summed E-state index contributed by atoms with van der Waals surface area (Å²) in [6, 6.07) is 0. The third-order valence-electron chi connectivity index (χ3n) is 5.43. The van der Waals surface area contributed by atoms with E-state index in [9.17, 15) is 4.79 Å². The Bertz CT molecular complexity index is 291. The Labute approximate surface area is 118 Å². The van der Waals surface area contributed by atoms with Crippen LogP contribution in [-0.2, 0) is 4.79 Å². The van der Waals surface area contributed by atoms with Gasteiger partial charge in [0.25, 0.3) is 0 Å². The van der Waals surface area contributed by atoms with Crippen molar-refractivity contribution in [3.63, 3.8) is 0 Å². The second kappa shape index (κ2) is 6.88. The number of carbonyl (C=O) groups excluding carboxylic acids is 1. The first-order valence-electron chi connectivity index (χ1n) is 8.36. The van der Waals surface area contributed by atoms with E-state index in [0.29, 0.717) is 0 Å². The fourth-order valence-electron chi connectivity index (χ4n) is 4.23. The number of aldehydes is 1. The Hall–Kier alpha value is -0.370. The van der Waals surface area contributed by atoms with E-state index in [1.165, 1.54) is 57.9 Å². The van der Waals surface area contributed by atoms with Gasteiger partial charge in [0.05, 0.1) is 0 Å². The van der Waals surface area contributed by atoms with Crippen molar-refractivity contribution in [3.05, 3.63) is 0 Å². The van der Waals surface area contributed by atoms with Gasteiger partial charge in [0, 0.05) is 12.0 Å². The predicted molar refractivity (Wildman–Crippen MR) is 80.2 cm³/mol. The van der Waals surface area contributed by atoms with Crippen molar-refractivity contribution in [1.29, 1.82) is 0 Å². The maximum absolute atomic E-state index is 11.7. The quantitative estimate of drug-likeness (QED) is 0.719. The molecule has 0 radical (unpaired) electrons. The van der Waals surface area contributed by atoms with E-state index in [-0.39, 0.29) is 5.41 Å². The van der Waals surface area contributed by atoms with Crippen molar-refractivity contribution < 1.29 is 4.79 Å². The summed E-state index contributed by atoms with van der Waals surface area (Å²) in [5.41, 5.74) is -0.0241. The molecule has 2 nitrogen and oxygen atoms in total. The first kappa shape index (κ1) is 15.0. The van der Waals surface area contributed by atoms with Gasteiger partial charge in [-0.1, -0.05) is 33.1 Å². The lowest BCUT2D eigenvalue weighted by Gasteiger charge is -2.39. The van der Waals surface area contributed by atoms with E-state index in [2.05, 4.69) is 18.7 Å². The number of likely N-dealkylation sites (tertiary alicyclic amines) is 1. The molecule has 1 aliphatic heterocycles. The summed E-state index contributed by atoms with van der Waals surface area (Å²) in [4.78, 5) is 14.3. The zero-order chi connectivity index (χ0) is 13.7. The normalized spacial score (nSPS) is 37.8. The average molecular weight is 265 g/mol. The van der Waals surface area contributed by atoms with Crippen molar-refractivity contribution in [2.45, 2.75) is 65.2 Å². The maximum Gasteiger partial charge on any atom is 0.127 e. The van der Waals surface area contributed by atoms with Gasteiger partial charge in [0.2, 0.25) is 0 Å². The molecule has 110 valence electrons. The van der Waals surface area contributed by atoms with Gasteiger partial charge in [-0.3, -0.25) is 0 Å². The van der Waals surface area contributed by atoms with Gasteiger partial charge in [-0.2, -0.15) is 0 Å². The highest BCUT2D eigenvalue weighted by molar-refractivity contribution is 5.60. The number of hydrogen-bond acceptors (Lipinski definition) is 2. The highest BCUT2D eigenvalue weighted by atomic mass is 16.1. The molecule has 1 saturated heterocycles. The maximum atomic E-state index is 11.7. The lowest BCUT2D eigenvalue weighted by Crippen LogP contribution is -2.42. The summed E-state index contributed by atoms with van der Waals surface area (Å²) in [5.74, 6) is 1.65. The van der Waals surface area contributed by atoms with Crippen LogP contribution in [0.3, 0.4) is 0 Å². The van der Waals surface area contributed by atoms with Crippen LogP contribution in [0.15, 0.2) is 0 Å². The van der Waals surface area contributed by atoms with Crippen LogP contribution in [0.25, 0.3) is 0 Å². The molecule has 0 amide bonds. The Morgan fingerprint density at radius 2 is 2.05 bits per heavy atom. The summed E-state index contributed by atoms with van der Waals surface area (Å²) in [6.45, 7) is 8.07. The molecule has 3 unspecified atom stereocenters. The smallest absolute Gasteiger partial charge is 0.127 e. The van der Waals surface area contributed by atoms with Crippen LogP contribution in [0.4, 0.5) is 0 Å². The zero-order valence-electron chi connectivity index (χ0n) is 12.9. The Morgan fingerprint density at radius 3 is 2.74 bits per heavy atom. The highest BCUT2D eigenvalue weighted by Crippen LogP contribution is 2.39. The van der Waals surface area contributed by atoms with Gasteiger partial charge >= 0.3 is 0 Å². The number of carbonyl (C=O) groups is 1. The van der Waals surface area contributed by atoms with Crippen LogP contribution >= 0.6 is 0 Å². The molecular weight excluding hydrogens is 234 g/mol. The van der Waals surface area contributed by atoms with Crippen LogP contribution in [0.5, 0.6) is 0 Å². The molecule has 2 rings (SSSR count). The second-order valence-corrected chi connectivity index (χ2v) is 7.16. The molecule has 3 atom stereocenters. The molecule has 2 heteroatoms. The molecule has 0 N–H and O–H groups in total. The topological polar surface area (TPSA) is 20.3 Å². The molecule has 0 aromatic rings. The lowest BCUT2D eigenvalue weighted by molar-refractivity contribution is -0.120. The molecule has 1 aliphatic carbocycles. The summed E-state index contributed by atoms with van der Waals surface area (Å²) >= 11 is 0. The molecule has 1 saturated carbocycles. The van der Waals surface area contributed by atoms with Gasteiger partial charge in [-0.25, -0.2) is 0 Å². The standard InChI is InChI=1S/C17H31NO/c1-3-16-7-5-10-18(11-8-16)13-17(14-19)9-4-6-15(2)12-17/h14-16H,3-13H2,1-2H3. The van der Waals surface area contributed by atoms with Crippen LogP contribution < -0.4 is 0 Å². The van der Waals surface area contributed by atoms with Gasteiger partial charge in [-0.15, -0.1) is 0 Å². The van der Waals surface area contributed by atoms with E-state index >= 15 is 0 Å². The van der Waals surface area contributed by atoms with Crippen molar-refractivity contribution in [1.82, 2.24) is 4.90 Å². The van der Waals surface area contributed by atoms with E-state index in [0.717, 1.165) is 31.2 Å². The van der Waals surface area contributed by atoms with Gasteiger partial charge in [0.15, 0.2) is 0 Å². The monoisotopic (exact) mass is 265 g/mol. The minimum absolute atomic E-state index is 0.0241. The summed E-state index contributed by atoms with van der Waals surface area (Å²) < 4.78 is 0. The fourth-order valence-corrected chi connectivity index (χ4v) is 4.23. The van der Waals surface area contributed by atoms with Crippen LogP contribution in [0.2, 0.25) is 0 Å². The molecule has 2 aliphatic rings. The number of nitrogens with zero attached hydrogens (tertiary/aromatic N) is 1. The minimum atomic E-state index is -0.0241. The average Bonchev–Trinajstić information content (AvgIpc) is 2.64. The Balaban J connectivity index is 1.92.